The van der Waals surface area contributed by atoms with Crippen molar-refractivity contribution in [3.63, 3.8) is 0 Å². The SMILES string of the molecule is CCCC(CNC(C)(C)C)N1CCCCC1CC. The average molecular weight is 254 g/mol. The fourth-order valence-corrected chi connectivity index (χ4v) is 3.08. The van der Waals surface area contributed by atoms with Gasteiger partial charge in [-0.1, -0.05) is 26.7 Å². The summed E-state index contributed by atoms with van der Waals surface area (Å²) in [7, 11) is 0. The van der Waals surface area contributed by atoms with Crippen LogP contribution >= 0.6 is 0 Å². The molecule has 2 heteroatoms. The van der Waals surface area contributed by atoms with E-state index in [1.807, 2.05) is 0 Å². The zero-order chi connectivity index (χ0) is 13.6. The number of nitrogens with zero attached hydrogens (tertiary/aromatic N) is 1. The lowest BCUT2D eigenvalue weighted by Gasteiger charge is -2.42. The summed E-state index contributed by atoms with van der Waals surface area (Å²) in [6.45, 7) is 13.9. The van der Waals surface area contributed by atoms with E-state index in [1.165, 1.54) is 45.1 Å². The highest BCUT2D eigenvalue weighted by molar-refractivity contribution is 4.85. The van der Waals surface area contributed by atoms with Gasteiger partial charge in [-0.05, 0) is 53.0 Å². The molecule has 0 amide bonds. The molecule has 1 rings (SSSR count). The Bertz CT molecular complexity index is 220. The Morgan fingerprint density at radius 2 is 1.94 bits per heavy atom. The van der Waals surface area contributed by atoms with E-state index in [0.717, 1.165) is 18.6 Å². The first-order valence-corrected chi connectivity index (χ1v) is 7.98. The molecule has 1 N–H and O–H groups in total. The number of piperidine rings is 1. The minimum absolute atomic E-state index is 0.240. The Kier molecular flexibility index (Phi) is 6.65. The molecule has 2 atom stereocenters. The van der Waals surface area contributed by atoms with Crippen LogP contribution in [0.15, 0.2) is 0 Å². The molecule has 0 radical (unpaired) electrons. The molecule has 1 aliphatic rings. The van der Waals surface area contributed by atoms with Gasteiger partial charge in [0.25, 0.3) is 0 Å². The molecule has 1 fully saturated rings. The number of rotatable bonds is 6. The topological polar surface area (TPSA) is 15.3 Å². The van der Waals surface area contributed by atoms with Crippen LogP contribution in [0.25, 0.3) is 0 Å². The largest absolute Gasteiger partial charge is 0.311 e. The molecule has 0 aliphatic carbocycles. The fourth-order valence-electron chi connectivity index (χ4n) is 3.08. The fraction of sp³-hybridized carbons (Fsp3) is 1.00. The summed E-state index contributed by atoms with van der Waals surface area (Å²) in [5, 5.41) is 3.71. The van der Waals surface area contributed by atoms with E-state index in [-0.39, 0.29) is 5.54 Å². The number of hydrogen-bond donors (Lipinski definition) is 1. The average Bonchev–Trinajstić information content (AvgIpc) is 2.33. The monoisotopic (exact) mass is 254 g/mol. The molecule has 1 aliphatic heterocycles. The zero-order valence-corrected chi connectivity index (χ0v) is 13.3. The van der Waals surface area contributed by atoms with Crippen LogP contribution in [0.4, 0.5) is 0 Å². The predicted octanol–water partition coefficient (Wildman–Crippen LogP) is 3.81. The van der Waals surface area contributed by atoms with Crippen LogP contribution in [0.5, 0.6) is 0 Å². The molecule has 1 heterocycles. The predicted molar refractivity (Wildman–Crippen MR) is 81.1 cm³/mol. The minimum atomic E-state index is 0.240. The van der Waals surface area contributed by atoms with Crippen LogP contribution in [0.3, 0.4) is 0 Å². The van der Waals surface area contributed by atoms with Crippen molar-refractivity contribution in [2.75, 3.05) is 13.1 Å². The van der Waals surface area contributed by atoms with Crippen molar-refractivity contribution in [1.29, 1.82) is 0 Å². The van der Waals surface area contributed by atoms with Crippen molar-refractivity contribution in [3.8, 4) is 0 Å². The number of nitrogens with one attached hydrogen (secondary N) is 1. The van der Waals surface area contributed by atoms with Crippen LogP contribution in [-0.2, 0) is 0 Å². The Balaban J connectivity index is 2.57. The van der Waals surface area contributed by atoms with Crippen molar-refractivity contribution in [3.05, 3.63) is 0 Å². The number of likely N-dealkylation sites (tertiary alicyclic amines) is 1. The van der Waals surface area contributed by atoms with Crippen LogP contribution in [0, 0.1) is 0 Å². The molecule has 2 nitrogen and oxygen atoms in total. The van der Waals surface area contributed by atoms with Gasteiger partial charge in [-0.3, -0.25) is 4.90 Å². The first kappa shape index (κ1) is 16.0. The van der Waals surface area contributed by atoms with Crippen molar-refractivity contribution in [2.24, 2.45) is 0 Å². The summed E-state index contributed by atoms with van der Waals surface area (Å²) in [4.78, 5) is 2.80. The smallest absolute Gasteiger partial charge is 0.0223 e. The van der Waals surface area contributed by atoms with Crippen LogP contribution in [0.2, 0.25) is 0 Å². The maximum absolute atomic E-state index is 3.71. The van der Waals surface area contributed by atoms with Gasteiger partial charge < -0.3 is 5.32 Å². The molecular weight excluding hydrogens is 220 g/mol. The van der Waals surface area contributed by atoms with Crippen LogP contribution < -0.4 is 5.32 Å². The van der Waals surface area contributed by atoms with Crippen LogP contribution in [-0.4, -0.2) is 35.6 Å². The van der Waals surface area contributed by atoms with Gasteiger partial charge in [0.2, 0.25) is 0 Å². The maximum atomic E-state index is 3.71. The standard InChI is InChI=1S/C16H34N2/c1-6-10-15(13-17-16(3,4)5)18-12-9-8-11-14(18)7-2/h14-15,17H,6-13H2,1-5H3. The third-order valence-corrected chi connectivity index (χ3v) is 4.10. The molecule has 0 aromatic rings. The number of hydrogen-bond acceptors (Lipinski definition) is 2. The first-order chi connectivity index (χ1) is 8.48. The third-order valence-electron chi connectivity index (χ3n) is 4.10. The highest BCUT2D eigenvalue weighted by Crippen LogP contribution is 2.23. The molecule has 18 heavy (non-hydrogen) atoms. The van der Waals surface area contributed by atoms with Gasteiger partial charge in [-0.25, -0.2) is 0 Å². The summed E-state index contributed by atoms with van der Waals surface area (Å²) in [6, 6.07) is 1.57. The zero-order valence-electron chi connectivity index (χ0n) is 13.3. The van der Waals surface area contributed by atoms with Crippen molar-refractivity contribution in [2.45, 2.75) is 90.8 Å². The summed E-state index contributed by atoms with van der Waals surface area (Å²) >= 11 is 0. The lowest BCUT2D eigenvalue weighted by atomic mass is 9.95. The van der Waals surface area contributed by atoms with E-state index in [4.69, 9.17) is 0 Å². The van der Waals surface area contributed by atoms with E-state index in [1.54, 1.807) is 0 Å². The normalized spacial score (nSPS) is 24.2. The summed E-state index contributed by atoms with van der Waals surface area (Å²) in [6.07, 6.45) is 8.18. The summed E-state index contributed by atoms with van der Waals surface area (Å²) in [5.74, 6) is 0. The molecule has 0 aromatic carbocycles. The van der Waals surface area contributed by atoms with Gasteiger partial charge in [0.15, 0.2) is 0 Å². The van der Waals surface area contributed by atoms with Crippen molar-refractivity contribution in [1.82, 2.24) is 10.2 Å². The van der Waals surface area contributed by atoms with Crippen molar-refractivity contribution < 1.29 is 0 Å². The molecular formula is C16H34N2. The van der Waals surface area contributed by atoms with Gasteiger partial charge in [0, 0.05) is 24.2 Å². The quantitative estimate of drug-likeness (QED) is 0.775. The van der Waals surface area contributed by atoms with Gasteiger partial charge in [-0.2, -0.15) is 0 Å². The Morgan fingerprint density at radius 1 is 1.22 bits per heavy atom. The van der Waals surface area contributed by atoms with E-state index >= 15 is 0 Å². The second kappa shape index (κ2) is 7.49. The molecule has 2 unspecified atom stereocenters. The van der Waals surface area contributed by atoms with E-state index < -0.39 is 0 Å². The lowest BCUT2D eigenvalue weighted by molar-refractivity contribution is 0.0816. The van der Waals surface area contributed by atoms with Gasteiger partial charge >= 0.3 is 0 Å². The third kappa shape index (κ3) is 5.27. The Labute approximate surface area is 115 Å². The molecule has 0 saturated carbocycles. The summed E-state index contributed by atoms with van der Waals surface area (Å²) < 4.78 is 0. The lowest BCUT2D eigenvalue weighted by Crippen LogP contribution is -2.52. The minimum Gasteiger partial charge on any atom is -0.311 e. The van der Waals surface area contributed by atoms with E-state index in [9.17, 15) is 0 Å². The maximum Gasteiger partial charge on any atom is 0.0223 e. The van der Waals surface area contributed by atoms with Crippen molar-refractivity contribution >= 4 is 0 Å². The Hall–Kier alpha value is -0.0800. The molecule has 0 bridgehead atoms. The molecule has 0 spiro atoms. The van der Waals surface area contributed by atoms with E-state index in [0.29, 0.717) is 0 Å². The van der Waals surface area contributed by atoms with Gasteiger partial charge in [0.1, 0.15) is 0 Å². The second-order valence-electron chi connectivity index (χ2n) is 6.87. The summed E-state index contributed by atoms with van der Waals surface area (Å²) in [5.41, 5.74) is 0.240. The highest BCUT2D eigenvalue weighted by atomic mass is 15.2. The molecule has 0 aromatic heterocycles. The highest BCUT2D eigenvalue weighted by Gasteiger charge is 2.27. The molecule has 1 saturated heterocycles. The Morgan fingerprint density at radius 3 is 2.50 bits per heavy atom. The van der Waals surface area contributed by atoms with Gasteiger partial charge in [0.05, 0.1) is 0 Å². The second-order valence-corrected chi connectivity index (χ2v) is 6.87. The van der Waals surface area contributed by atoms with Crippen LogP contribution in [0.1, 0.15) is 73.1 Å². The van der Waals surface area contributed by atoms with E-state index in [2.05, 4.69) is 44.8 Å². The first-order valence-electron chi connectivity index (χ1n) is 7.98. The van der Waals surface area contributed by atoms with Gasteiger partial charge in [-0.15, -0.1) is 0 Å². The molecule has 108 valence electrons.